The van der Waals surface area contributed by atoms with Gasteiger partial charge in [0.2, 0.25) is 5.95 Å². The number of anilines is 2. The van der Waals surface area contributed by atoms with Gasteiger partial charge >= 0.3 is 0 Å². The molecule has 18 rings (SSSR count). The highest BCUT2D eigenvalue weighted by Gasteiger charge is 2.48. The molecule has 0 saturated heterocycles. The Hall–Kier alpha value is -10.5. The number of aromatic nitrogens is 3. The molecule has 3 atom stereocenters. The lowest BCUT2D eigenvalue weighted by Gasteiger charge is -2.35. The van der Waals surface area contributed by atoms with E-state index < -0.39 is 0 Å². The predicted molar refractivity (Wildman–Crippen MR) is 383 cm³/mol. The molecule has 5 heterocycles. The van der Waals surface area contributed by atoms with Gasteiger partial charge in [-0.3, -0.25) is 0 Å². The molecule has 0 fully saturated rings. The Morgan fingerprint density at radius 2 is 0.989 bits per heavy atom. The molecule has 2 aliphatic carbocycles. The summed E-state index contributed by atoms with van der Waals surface area (Å²) in [5.74, 6) is 0.659. The number of para-hydroxylation sites is 2. The number of rotatable bonds is 9. The first-order valence-electron chi connectivity index (χ1n) is 31.1. The zero-order valence-electron chi connectivity index (χ0n) is 49.7. The average molecular weight is 1190 g/mol. The van der Waals surface area contributed by atoms with Crippen LogP contribution in [0.1, 0.15) is 48.1 Å². The molecule has 0 amide bonds. The van der Waals surface area contributed by atoms with Crippen molar-refractivity contribution in [3.8, 4) is 39.3 Å². The lowest BCUT2D eigenvalue weighted by atomic mass is 9.70. The van der Waals surface area contributed by atoms with Crippen molar-refractivity contribution in [1.29, 1.82) is 0 Å². The summed E-state index contributed by atoms with van der Waals surface area (Å²) in [6.45, 7) is 4.77. The van der Waals surface area contributed by atoms with Gasteiger partial charge in [-0.2, -0.15) is 0 Å². The van der Waals surface area contributed by atoms with Crippen LogP contribution in [0.25, 0.3) is 118 Å². The van der Waals surface area contributed by atoms with Crippen molar-refractivity contribution in [2.75, 3.05) is 4.90 Å². The zero-order chi connectivity index (χ0) is 59.7. The van der Waals surface area contributed by atoms with E-state index in [4.69, 9.17) is 9.97 Å². The van der Waals surface area contributed by atoms with E-state index in [1.807, 2.05) is 22.7 Å². The van der Waals surface area contributed by atoms with E-state index >= 15 is 0 Å². The third kappa shape index (κ3) is 8.46. The van der Waals surface area contributed by atoms with Crippen LogP contribution in [0.2, 0.25) is 0 Å². The average Bonchev–Trinajstić information content (AvgIpc) is 1.64. The Morgan fingerprint density at radius 1 is 0.411 bits per heavy atom. The summed E-state index contributed by atoms with van der Waals surface area (Å²) >= 11 is 3.72. The number of thiophene rings is 2. The molecular formula is C84H58N4S2. The largest absolute Gasteiger partial charge is 0.309 e. The lowest BCUT2D eigenvalue weighted by Crippen LogP contribution is -2.40. The molecule has 0 N–H and O–H groups in total. The van der Waals surface area contributed by atoms with Gasteiger partial charge in [0.25, 0.3) is 0 Å². The second-order valence-electron chi connectivity index (χ2n) is 24.9. The second kappa shape index (κ2) is 20.5. The van der Waals surface area contributed by atoms with Crippen LogP contribution >= 0.6 is 22.7 Å². The SMILES string of the molecule is CC1(c2cccc(-c3cc(-c4cccc(-n5c6ccccc6c6ccc(-c7ccc8sc9ccccc9c8c7)cc65)c4)nc(N4c5ccccc5C5(C)C=CC(c6ccc7sc8ccccc8c7c6)=CC45)n3)c2)C=CC(c2ccccc2)=C(c2ccccc2)C1. The molecule has 4 aromatic heterocycles. The summed E-state index contributed by atoms with van der Waals surface area (Å²) < 4.78 is 7.67. The predicted octanol–water partition coefficient (Wildman–Crippen LogP) is 22.6. The van der Waals surface area contributed by atoms with Crippen LogP contribution < -0.4 is 4.90 Å². The van der Waals surface area contributed by atoms with Crippen LogP contribution in [0.15, 0.2) is 297 Å². The molecule has 0 spiro atoms. The fourth-order valence-corrected chi connectivity index (χ4v) is 17.0. The normalized spacial score (nSPS) is 18.0. The van der Waals surface area contributed by atoms with E-state index in [9.17, 15) is 0 Å². The summed E-state index contributed by atoms with van der Waals surface area (Å²) in [5.41, 5.74) is 19.9. The van der Waals surface area contributed by atoms with Crippen molar-refractivity contribution in [3.63, 3.8) is 0 Å². The third-order valence-electron chi connectivity index (χ3n) is 19.5. The molecule has 0 radical (unpaired) electrons. The first-order chi connectivity index (χ1) is 44.3. The maximum absolute atomic E-state index is 5.78. The highest BCUT2D eigenvalue weighted by molar-refractivity contribution is 7.26. The number of allylic oxidation sites excluding steroid dienone is 6. The van der Waals surface area contributed by atoms with Gasteiger partial charge in [-0.05, 0) is 148 Å². The smallest absolute Gasteiger partial charge is 0.231 e. The second-order valence-corrected chi connectivity index (χ2v) is 27.1. The number of hydrogen-bond donors (Lipinski definition) is 0. The fraction of sp³-hybridized carbons (Fsp3) is 0.0714. The van der Waals surface area contributed by atoms with Crippen LogP contribution in [-0.2, 0) is 10.8 Å². The number of benzene rings is 11. The van der Waals surface area contributed by atoms with Crippen LogP contribution in [0.4, 0.5) is 11.6 Å². The highest BCUT2D eigenvalue weighted by Crippen LogP contribution is 2.53. The standard InChI is InChI=1S/C84H58N4S2/c1-83(43-42-63(53-19-5-3-6-20-53)70(52-83)54-21-7-4-8-22-54)61-25-17-23-59(45-61)72-51-73(86-82(85-72)88-75-32-14-12-30-71(75)84(2)44-41-58(50-81(84)88)56-37-40-80-69(48-56)67-29-11-16-34-78(67)90-80)60-24-18-26-62(46-60)87-74-31-13-9-27-64(74)65-38-35-57(49-76(65)87)55-36-39-79-68(47-55)66-28-10-15-33-77(66)89-79/h3-51,81H,52H2,1-2H3. The zero-order valence-corrected chi connectivity index (χ0v) is 51.3. The maximum atomic E-state index is 5.78. The number of fused-ring (bicyclic) bond motifs is 12. The molecule has 426 valence electrons. The summed E-state index contributed by atoms with van der Waals surface area (Å²) in [7, 11) is 0. The Bertz CT molecular complexity index is 5580. The molecule has 1 aliphatic heterocycles. The molecule has 3 unspecified atom stereocenters. The van der Waals surface area contributed by atoms with E-state index in [0.717, 1.165) is 51.3 Å². The van der Waals surface area contributed by atoms with Gasteiger partial charge in [-0.1, -0.05) is 225 Å². The van der Waals surface area contributed by atoms with Crippen molar-refractivity contribution >= 4 is 113 Å². The molecule has 4 nitrogen and oxygen atoms in total. The molecule has 3 aliphatic rings. The maximum Gasteiger partial charge on any atom is 0.231 e. The van der Waals surface area contributed by atoms with E-state index in [1.54, 1.807) is 0 Å². The van der Waals surface area contributed by atoms with Gasteiger partial charge in [0, 0.05) is 84.4 Å². The van der Waals surface area contributed by atoms with Gasteiger partial charge in [0.15, 0.2) is 0 Å². The summed E-state index contributed by atoms with van der Waals surface area (Å²) in [5, 5.41) is 7.62. The molecule has 11 aromatic carbocycles. The number of nitrogens with zero attached hydrogens (tertiary/aromatic N) is 4. The van der Waals surface area contributed by atoms with Gasteiger partial charge in [-0.25, -0.2) is 9.97 Å². The van der Waals surface area contributed by atoms with E-state index in [-0.39, 0.29) is 16.9 Å². The fourth-order valence-electron chi connectivity index (χ4n) is 14.9. The van der Waals surface area contributed by atoms with Crippen molar-refractivity contribution in [3.05, 3.63) is 325 Å². The van der Waals surface area contributed by atoms with Crippen molar-refractivity contribution in [2.45, 2.75) is 37.1 Å². The topological polar surface area (TPSA) is 34.0 Å². The van der Waals surface area contributed by atoms with Crippen LogP contribution in [-0.4, -0.2) is 20.6 Å². The van der Waals surface area contributed by atoms with Gasteiger partial charge < -0.3 is 9.47 Å². The Labute approximate surface area is 530 Å². The first-order valence-corrected chi connectivity index (χ1v) is 32.7. The van der Waals surface area contributed by atoms with E-state index in [2.05, 4.69) is 321 Å². The summed E-state index contributed by atoms with van der Waals surface area (Å²) in [4.78, 5) is 14.0. The van der Waals surface area contributed by atoms with Gasteiger partial charge in [0.05, 0.1) is 28.5 Å². The van der Waals surface area contributed by atoms with Crippen molar-refractivity contribution in [2.24, 2.45) is 0 Å². The minimum absolute atomic E-state index is 0.134. The lowest BCUT2D eigenvalue weighted by molar-refractivity contribution is 0.548. The van der Waals surface area contributed by atoms with Crippen LogP contribution in [0.3, 0.4) is 0 Å². The quantitative estimate of drug-likeness (QED) is 0.144. The van der Waals surface area contributed by atoms with Crippen LogP contribution in [0.5, 0.6) is 0 Å². The Morgan fingerprint density at radius 3 is 1.74 bits per heavy atom. The first kappa shape index (κ1) is 52.6. The van der Waals surface area contributed by atoms with Crippen LogP contribution in [0, 0.1) is 0 Å². The van der Waals surface area contributed by atoms with Crippen molar-refractivity contribution < 1.29 is 0 Å². The summed E-state index contributed by atoms with van der Waals surface area (Å²) in [6, 6.07) is 98.2. The molecular weight excluding hydrogens is 1130 g/mol. The van der Waals surface area contributed by atoms with Gasteiger partial charge in [-0.15, -0.1) is 22.7 Å². The highest BCUT2D eigenvalue weighted by atomic mass is 32.1. The van der Waals surface area contributed by atoms with Crippen molar-refractivity contribution in [1.82, 2.24) is 14.5 Å². The minimum atomic E-state index is -0.373. The minimum Gasteiger partial charge on any atom is -0.309 e. The Balaban J connectivity index is 0.800. The van der Waals surface area contributed by atoms with E-state index in [0.29, 0.717) is 5.95 Å². The number of hydrogen-bond acceptors (Lipinski definition) is 5. The monoisotopic (exact) mass is 1190 g/mol. The molecule has 0 bridgehead atoms. The third-order valence-corrected chi connectivity index (χ3v) is 21.8. The van der Waals surface area contributed by atoms with Gasteiger partial charge in [0.1, 0.15) is 0 Å². The Kier molecular flexibility index (Phi) is 12.0. The summed E-state index contributed by atoms with van der Waals surface area (Å²) in [6.07, 6.45) is 12.9. The molecule has 90 heavy (non-hydrogen) atoms. The molecule has 0 saturated carbocycles. The molecule has 6 heteroatoms. The molecule has 15 aromatic rings. The van der Waals surface area contributed by atoms with E-state index in [1.165, 1.54) is 107 Å².